The van der Waals surface area contributed by atoms with Crippen molar-refractivity contribution in [3.05, 3.63) is 35.9 Å². The molecule has 0 aromatic heterocycles. The van der Waals surface area contributed by atoms with Crippen LogP contribution in [0, 0.1) is 5.92 Å². The fourth-order valence-corrected chi connectivity index (χ4v) is 3.74. The maximum Gasteiger partial charge on any atom is 0.325 e. The number of aliphatic carboxylic acids is 1. The molecule has 4 amide bonds. The molecule has 0 aliphatic carbocycles. The van der Waals surface area contributed by atoms with Crippen LogP contribution in [0.1, 0.15) is 50.4 Å². The summed E-state index contributed by atoms with van der Waals surface area (Å²) >= 11 is 0. The van der Waals surface area contributed by atoms with Gasteiger partial charge < -0.3 is 20.6 Å². The minimum absolute atomic E-state index is 0.0484. The van der Waals surface area contributed by atoms with Crippen molar-refractivity contribution in [2.75, 3.05) is 13.1 Å². The van der Waals surface area contributed by atoms with Gasteiger partial charge in [-0.2, -0.15) is 0 Å². The van der Waals surface area contributed by atoms with E-state index < -0.39 is 54.3 Å². The molecule has 1 fully saturated rings. The zero-order valence-electron chi connectivity index (χ0n) is 19.7. The molecule has 1 saturated heterocycles. The van der Waals surface area contributed by atoms with Crippen LogP contribution in [0.4, 0.5) is 0 Å². The molecule has 1 aromatic carbocycles. The highest BCUT2D eigenvalue weighted by atomic mass is 16.4. The first kappa shape index (κ1) is 26.8. The Balaban J connectivity index is 2.04. The van der Waals surface area contributed by atoms with Gasteiger partial charge in [0, 0.05) is 12.1 Å². The van der Waals surface area contributed by atoms with Crippen LogP contribution < -0.4 is 16.5 Å². The van der Waals surface area contributed by atoms with Crippen molar-refractivity contribution in [2.45, 2.75) is 58.2 Å². The van der Waals surface area contributed by atoms with E-state index >= 15 is 0 Å². The molecule has 0 spiro atoms. The van der Waals surface area contributed by atoms with Crippen molar-refractivity contribution in [1.82, 2.24) is 20.5 Å². The van der Waals surface area contributed by atoms with Gasteiger partial charge >= 0.3 is 5.97 Å². The molecule has 1 aromatic rings. The van der Waals surface area contributed by atoms with Crippen LogP contribution in [0.25, 0.3) is 0 Å². The quantitative estimate of drug-likeness (QED) is 0.212. The van der Waals surface area contributed by atoms with Crippen LogP contribution in [-0.4, -0.2) is 75.8 Å². The number of hydrogen-bond acceptors (Lipinski definition) is 6. The molecular weight excluding hydrogens is 442 g/mol. The Morgan fingerprint density at radius 1 is 1.12 bits per heavy atom. The predicted molar refractivity (Wildman–Crippen MR) is 123 cm³/mol. The lowest BCUT2D eigenvalue weighted by molar-refractivity contribution is -0.142. The number of carboxylic acids is 1. The van der Waals surface area contributed by atoms with Crippen molar-refractivity contribution in [3.8, 4) is 0 Å². The topological polar surface area (TPSA) is 162 Å². The molecule has 3 atom stereocenters. The van der Waals surface area contributed by atoms with Crippen molar-refractivity contribution in [2.24, 2.45) is 11.8 Å². The standard InChI is InChI=1S/C23H33N5O6/c1-14(2)12-17(20(30)25-15(3)23(33)34)26-21(31)18-10-7-11-27(18)19(29)13-28(24)22(32)16-8-5-4-6-9-16/h4-6,8-9,14-15,17-18H,7,10-13,24H2,1-3H3,(H,25,30)(H,26,31)(H,33,34)/t15-,17-,18+/m1/s1. The Labute approximate surface area is 198 Å². The van der Waals surface area contributed by atoms with Crippen molar-refractivity contribution in [1.29, 1.82) is 0 Å². The maximum atomic E-state index is 13.0. The second kappa shape index (κ2) is 12.1. The van der Waals surface area contributed by atoms with Crippen LogP contribution >= 0.6 is 0 Å². The largest absolute Gasteiger partial charge is 0.480 e. The minimum Gasteiger partial charge on any atom is -0.480 e. The SMILES string of the molecule is CC(C)C[C@@H](NC(=O)[C@@H]1CCCN1C(=O)CN(N)C(=O)c1ccccc1)C(=O)N[C@H](C)C(=O)O. The molecule has 34 heavy (non-hydrogen) atoms. The van der Waals surface area contributed by atoms with Crippen LogP contribution in [-0.2, 0) is 19.2 Å². The molecule has 5 N–H and O–H groups in total. The van der Waals surface area contributed by atoms with Crippen LogP contribution in [0.15, 0.2) is 30.3 Å². The highest BCUT2D eigenvalue weighted by Crippen LogP contribution is 2.19. The minimum atomic E-state index is -1.19. The van der Waals surface area contributed by atoms with Gasteiger partial charge in [-0.15, -0.1) is 0 Å². The number of amides is 4. The molecular formula is C23H33N5O6. The number of carboxylic acid groups (broad SMARTS) is 1. The summed E-state index contributed by atoms with van der Waals surface area (Å²) in [6.07, 6.45) is 1.28. The summed E-state index contributed by atoms with van der Waals surface area (Å²) in [5.41, 5.74) is 0.339. The van der Waals surface area contributed by atoms with E-state index in [1.165, 1.54) is 11.8 Å². The molecule has 0 bridgehead atoms. The number of hydrogen-bond donors (Lipinski definition) is 4. The Morgan fingerprint density at radius 3 is 2.35 bits per heavy atom. The van der Waals surface area contributed by atoms with E-state index in [1.807, 2.05) is 13.8 Å². The Morgan fingerprint density at radius 2 is 1.76 bits per heavy atom. The first-order chi connectivity index (χ1) is 16.0. The molecule has 1 heterocycles. The van der Waals surface area contributed by atoms with Gasteiger partial charge in [0.15, 0.2) is 0 Å². The van der Waals surface area contributed by atoms with Crippen molar-refractivity contribution >= 4 is 29.6 Å². The van der Waals surface area contributed by atoms with Gasteiger partial charge in [-0.05, 0) is 44.2 Å². The van der Waals surface area contributed by atoms with E-state index in [2.05, 4.69) is 10.6 Å². The van der Waals surface area contributed by atoms with Gasteiger partial charge in [-0.25, -0.2) is 5.84 Å². The van der Waals surface area contributed by atoms with Gasteiger partial charge in [-0.3, -0.25) is 29.0 Å². The summed E-state index contributed by atoms with van der Waals surface area (Å²) in [5, 5.41) is 14.9. The number of benzene rings is 1. The number of carbonyl (C=O) groups excluding carboxylic acids is 4. The normalized spacial score (nSPS) is 17.1. The number of nitrogens with one attached hydrogen (secondary N) is 2. The molecule has 1 aliphatic rings. The fourth-order valence-electron chi connectivity index (χ4n) is 3.74. The maximum absolute atomic E-state index is 13.0. The Kier molecular flexibility index (Phi) is 9.55. The zero-order valence-corrected chi connectivity index (χ0v) is 19.7. The third-order valence-corrected chi connectivity index (χ3v) is 5.53. The van der Waals surface area contributed by atoms with Crippen LogP contribution in [0.5, 0.6) is 0 Å². The average molecular weight is 476 g/mol. The lowest BCUT2D eigenvalue weighted by Gasteiger charge is -2.28. The second-order valence-electron chi connectivity index (χ2n) is 8.80. The van der Waals surface area contributed by atoms with Crippen molar-refractivity contribution < 1.29 is 29.1 Å². The molecule has 186 valence electrons. The average Bonchev–Trinajstić information content (AvgIpc) is 3.28. The van der Waals surface area contributed by atoms with Gasteiger partial charge in [0.05, 0.1) is 0 Å². The molecule has 0 radical (unpaired) electrons. The third kappa shape index (κ3) is 7.27. The number of rotatable bonds is 10. The molecule has 0 unspecified atom stereocenters. The summed E-state index contributed by atoms with van der Waals surface area (Å²) in [4.78, 5) is 63.3. The molecule has 2 rings (SSSR count). The second-order valence-corrected chi connectivity index (χ2v) is 8.80. The van der Waals surface area contributed by atoms with Crippen molar-refractivity contribution in [3.63, 3.8) is 0 Å². The number of nitrogens with zero attached hydrogens (tertiary/aromatic N) is 2. The smallest absolute Gasteiger partial charge is 0.325 e. The summed E-state index contributed by atoms with van der Waals surface area (Å²) in [6, 6.07) is 5.43. The van der Waals surface area contributed by atoms with E-state index in [0.717, 1.165) is 5.01 Å². The molecule has 1 aliphatic heterocycles. The van der Waals surface area contributed by atoms with Gasteiger partial charge in [0.1, 0.15) is 24.7 Å². The monoisotopic (exact) mass is 475 g/mol. The number of likely N-dealkylation sites (tertiary alicyclic amines) is 1. The third-order valence-electron chi connectivity index (χ3n) is 5.53. The Hall–Kier alpha value is -3.47. The summed E-state index contributed by atoms with van der Waals surface area (Å²) in [6.45, 7) is 5.00. The van der Waals surface area contributed by atoms with E-state index in [4.69, 9.17) is 10.9 Å². The summed E-state index contributed by atoms with van der Waals surface area (Å²) in [5.74, 6) is 2.58. The van der Waals surface area contributed by atoms with Crippen LogP contribution in [0.2, 0.25) is 0 Å². The fraction of sp³-hybridized carbons (Fsp3) is 0.522. The molecule has 0 saturated carbocycles. The van der Waals surface area contributed by atoms with E-state index in [0.29, 0.717) is 31.4 Å². The number of hydrazine groups is 1. The van der Waals surface area contributed by atoms with Gasteiger partial charge in [-0.1, -0.05) is 32.0 Å². The van der Waals surface area contributed by atoms with E-state index in [-0.39, 0.29) is 5.92 Å². The summed E-state index contributed by atoms with van der Waals surface area (Å²) in [7, 11) is 0. The van der Waals surface area contributed by atoms with E-state index in [9.17, 15) is 24.0 Å². The Bertz CT molecular complexity index is 906. The molecule has 11 nitrogen and oxygen atoms in total. The lowest BCUT2D eigenvalue weighted by Crippen LogP contribution is -2.56. The highest BCUT2D eigenvalue weighted by molar-refractivity contribution is 5.97. The van der Waals surface area contributed by atoms with Gasteiger partial charge in [0.25, 0.3) is 5.91 Å². The van der Waals surface area contributed by atoms with E-state index in [1.54, 1.807) is 30.3 Å². The number of nitrogens with two attached hydrogens (primary N) is 1. The zero-order chi connectivity index (χ0) is 25.4. The molecule has 11 heteroatoms. The van der Waals surface area contributed by atoms with Crippen LogP contribution in [0.3, 0.4) is 0 Å². The van der Waals surface area contributed by atoms with Gasteiger partial charge in [0.2, 0.25) is 17.7 Å². The summed E-state index contributed by atoms with van der Waals surface area (Å²) < 4.78 is 0. The first-order valence-electron chi connectivity index (χ1n) is 11.3. The predicted octanol–water partition coefficient (Wildman–Crippen LogP) is 0.114. The number of carbonyl (C=O) groups is 5. The lowest BCUT2D eigenvalue weighted by atomic mass is 10.0. The highest BCUT2D eigenvalue weighted by Gasteiger charge is 2.37. The first-order valence-corrected chi connectivity index (χ1v) is 11.3.